The van der Waals surface area contributed by atoms with Crippen molar-refractivity contribution < 1.29 is 15.0 Å². The first-order valence-electron chi connectivity index (χ1n) is 7.79. The third-order valence-electron chi connectivity index (χ3n) is 3.52. The van der Waals surface area contributed by atoms with Gasteiger partial charge < -0.3 is 10.2 Å². The molecular formula is C20H15N3O3. The number of aromatic hydroxyl groups is 1. The Morgan fingerprint density at radius 1 is 0.808 bits per heavy atom. The summed E-state index contributed by atoms with van der Waals surface area (Å²) >= 11 is 0. The summed E-state index contributed by atoms with van der Waals surface area (Å²) in [6.07, 6.45) is 1.50. The lowest BCUT2D eigenvalue weighted by Crippen LogP contribution is -1.94. The highest BCUT2D eigenvalue weighted by Crippen LogP contribution is 2.25. The molecule has 0 fully saturated rings. The smallest absolute Gasteiger partial charge is 0.335 e. The van der Waals surface area contributed by atoms with Crippen LogP contribution in [0.5, 0.6) is 5.75 Å². The quantitative estimate of drug-likeness (QED) is 0.488. The fraction of sp³-hybridized carbons (Fsp3) is 0. The van der Waals surface area contributed by atoms with Gasteiger partial charge in [0, 0.05) is 17.8 Å². The van der Waals surface area contributed by atoms with Gasteiger partial charge in [0.25, 0.3) is 0 Å². The molecule has 6 heteroatoms. The van der Waals surface area contributed by atoms with Crippen LogP contribution in [0.1, 0.15) is 15.9 Å². The molecule has 0 saturated carbocycles. The molecule has 0 aromatic heterocycles. The number of phenols is 1. The van der Waals surface area contributed by atoms with E-state index in [4.69, 9.17) is 5.11 Å². The average Bonchev–Trinajstić information content (AvgIpc) is 2.67. The van der Waals surface area contributed by atoms with E-state index in [0.29, 0.717) is 16.9 Å². The second-order valence-electron chi connectivity index (χ2n) is 5.39. The summed E-state index contributed by atoms with van der Waals surface area (Å²) in [6.45, 7) is 0. The summed E-state index contributed by atoms with van der Waals surface area (Å²) in [7, 11) is 0. The van der Waals surface area contributed by atoms with Crippen molar-refractivity contribution in [3.8, 4) is 5.75 Å². The predicted octanol–water partition coefficient (Wildman–Crippen LogP) is 5.26. The van der Waals surface area contributed by atoms with Gasteiger partial charge in [-0.2, -0.15) is 10.2 Å². The Labute approximate surface area is 149 Å². The molecule has 26 heavy (non-hydrogen) atoms. The molecule has 0 amide bonds. The number of nitrogens with zero attached hydrogens (tertiary/aromatic N) is 3. The van der Waals surface area contributed by atoms with Crippen LogP contribution in [0.2, 0.25) is 0 Å². The molecule has 0 spiro atoms. The first-order chi connectivity index (χ1) is 12.6. The largest absolute Gasteiger partial charge is 0.507 e. The minimum Gasteiger partial charge on any atom is -0.507 e. The summed E-state index contributed by atoms with van der Waals surface area (Å²) in [6, 6.07) is 20.4. The third kappa shape index (κ3) is 4.39. The number of azo groups is 1. The lowest BCUT2D eigenvalue weighted by atomic mass is 10.2. The van der Waals surface area contributed by atoms with Gasteiger partial charge in [0.2, 0.25) is 0 Å². The van der Waals surface area contributed by atoms with Crippen LogP contribution in [0.25, 0.3) is 0 Å². The van der Waals surface area contributed by atoms with Gasteiger partial charge in [0.1, 0.15) is 5.75 Å². The highest BCUT2D eigenvalue weighted by atomic mass is 16.4. The van der Waals surface area contributed by atoms with Crippen molar-refractivity contribution in [2.75, 3.05) is 0 Å². The van der Waals surface area contributed by atoms with E-state index in [1.807, 2.05) is 30.3 Å². The average molecular weight is 345 g/mol. The number of phenolic OH excluding ortho intramolecular Hbond substituents is 1. The van der Waals surface area contributed by atoms with Gasteiger partial charge >= 0.3 is 5.97 Å². The maximum Gasteiger partial charge on any atom is 0.335 e. The predicted molar refractivity (Wildman–Crippen MR) is 99.4 cm³/mol. The van der Waals surface area contributed by atoms with Crippen LogP contribution in [0.15, 0.2) is 88.0 Å². The number of carbonyl (C=O) groups is 1. The highest BCUT2D eigenvalue weighted by molar-refractivity contribution is 5.89. The van der Waals surface area contributed by atoms with Crippen LogP contribution in [-0.2, 0) is 0 Å². The van der Waals surface area contributed by atoms with Gasteiger partial charge in [-0.15, -0.1) is 0 Å². The minimum atomic E-state index is -0.988. The Balaban J connectivity index is 1.73. The first-order valence-corrected chi connectivity index (χ1v) is 7.79. The zero-order valence-electron chi connectivity index (χ0n) is 13.6. The van der Waals surface area contributed by atoms with E-state index < -0.39 is 5.97 Å². The number of hydrogen-bond acceptors (Lipinski definition) is 5. The van der Waals surface area contributed by atoms with Crippen LogP contribution in [0.4, 0.5) is 17.1 Å². The SMILES string of the molecule is O=C(O)c1ccc(N=Cc2ccc(N=Nc3ccccc3)cc2O)cc1. The molecule has 3 aromatic carbocycles. The molecule has 0 aliphatic heterocycles. The molecule has 0 atom stereocenters. The zero-order valence-corrected chi connectivity index (χ0v) is 13.6. The van der Waals surface area contributed by atoms with Crippen LogP contribution >= 0.6 is 0 Å². The number of aromatic carboxylic acids is 1. The van der Waals surface area contributed by atoms with Gasteiger partial charge in [-0.25, -0.2) is 4.79 Å². The standard InChI is InChI=1S/C20H15N3O3/c24-19-12-18(23-22-17-4-2-1-3-5-17)11-8-15(19)13-21-16-9-6-14(7-10-16)20(25)26/h1-13,24H,(H,25,26). The van der Waals surface area contributed by atoms with E-state index in [1.54, 1.807) is 24.3 Å². The van der Waals surface area contributed by atoms with E-state index in [0.717, 1.165) is 5.69 Å². The molecule has 0 aliphatic rings. The monoisotopic (exact) mass is 345 g/mol. The fourth-order valence-electron chi connectivity index (χ4n) is 2.15. The Morgan fingerprint density at radius 3 is 2.12 bits per heavy atom. The van der Waals surface area contributed by atoms with Gasteiger partial charge in [0.15, 0.2) is 0 Å². The molecule has 128 valence electrons. The van der Waals surface area contributed by atoms with Crippen LogP contribution in [-0.4, -0.2) is 22.4 Å². The second kappa shape index (κ2) is 7.85. The summed E-state index contributed by atoms with van der Waals surface area (Å²) < 4.78 is 0. The molecule has 2 N–H and O–H groups in total. The molecular weight excluding hydrogens is 330 g/mol. The van der Waals surface area contributed by atoms with E-state index in [1.165, 1.54) is 24.4 Å². The third-order valence-corrected chi connectivity index (χ3v) is 3.52. The zero-order chi connectivity index (χ0) is 18.4. The maximum absolute atomic E-state index is 10.8. The lowest BCUT2D eigenvalue weighted by Gasteiger charge is -2.00. The Kier molecular flexibility index (Phi) is 5.14. The molecule has 3 rings (SSSR count). The molecule has 0 bridgehead atoms. The van der Waals surface area contributed by atoms with Crippen LogP contribution in [0.3, 0.4) is 0 Å². The summed E-state index contributed by atoms with van der Waals surface area (Å²) in [5.41, 5.74) is 2.55. The second-order valence-corrected chi connectivity index (χ2v) is 5.39. The van der Waals surface area contributed by atoms with Crippen molar-refractivity contribution >= 4 is 29.2 Å². The van der Waals surface area contributed by atoms with Crippen molar-refractivity contribution in [1.82, 2.24) is 0 Å². The van der Waals surface area contributed by atoms with E-state index in [2.05, 4.69) is 15.2 Å². The molecule has 0 heterocycles. The maximum atomic E-state index is 10.8. The van der Waals surface area contributed by atoms with Crippen molar-refractivity contribution in [3.63, 3.8) is 0 Å². The molecule has 0 radical (unpaired) electrons. The van der Waals surface area contributed by atoms with Gasteiger partial charge in [-0.3, -0.25) is 4.99 Å². The van der Waals surface area contributed by atoms with Crippen LogP contribution in [0, 0.1) is 0 Å². The lowest BCUT2D eigenvalue weighted by molar-refractivity contribution is 0.0697. The van der Waals surface area contributed by atoms with E-state index in [-0.39, 0.29) is 11.3 Å². The summed E-state index contributed by atoms with van der Waals surface area (Å²) in [5.74, 6) is -0.959. The van der Waals surface area contributed by atoms with E-state index in [9.17, 15) is 9.90 Å². The number of benzene rings is 3. The highest BCUT2D eigenvalue weighted by Gasteiger charge is 2.02. The molecule has 0 aliphatic carbocycles. The fourth-order valence-corrected chi connectivity index (χ4v) is 2.15. The summed E-state index contributed by atoms with van der Waals surface area (Å²) in [5, 5.41) is 27.2. The molecule has 0 saturated heterocycles. The van der Waals surface area contributed by atoms with Crippen molar-refractivity contribution in [2.45, 2.75) is 0 Å². The van der Waals surface area contributed by atoms with Gasteiger partial charge in [-0.05, 0) is 48.5 Å². The van der Waals surface area contributed by atoms with Crippen LogP contribution < -0.4 is 0 Å². The minimum absolute atomic E-state index is 0.0282. The Bertz CT molecular complexity index is 965. The summed E-state index contributed by atoms with van der Waals surface area (Å²) in [4.78, 5) is 15.1. The Hall–Kier alpha value is -3.80. The Morgan fingerprint density at radius 2 is 1.46 bits per heavy atom. The van der Waals surface area contributed by atoms with E-state index >= 15 is 0 Å². The van der Waals surface area contributed by atoms with Crippen molar-refractivity contribution in [1.29, 1.82) is 0 Å². The molecule has 6 nitrogen and oxygen atoms in total. The number of aliphatic imine (C=N–C) groups is 1. The van der Waals surface area contributed by atoms with Crippen molar-refractivity contribution in [3.05, 3.63) is 83.9 Å². The first kappa shape index (κ1) is 17.0. The number of rotatable bonds is 5. The van der Waals surface area contributed by atoms with Crippen molar-refractivity contribution in [2.24, 2.45) is 15.2 Å². The molecule has 0 unspecified atom stereocenters. The normalized spacial score (nSPS) is 11.2. The number of hydrogen-bond donors (Lipinski definition) is 2. The topological polar surface area (TPSA) is 94.6 Å². The van der Waals surface area contributed by atoms with Gasteiger partial charge in [0.05, 0.1) is 22.6 Å². The van der Waals surface area contributed by atoms with Gasteiger partial charge in [-0.1, -0.05) is 18.2 Å². The number of carboxylic acid groups (broad SMARTS) is 1. The number of carboxylic acids is 1. The molecule has 3 aromatic rings.